The van der Waals surface area contributed by atoms with Crippen molar-refractivity contribution < 1.29 is 14.3 Å². The minimum atomic E-state index is -0.271. The van der Waals surface area contributed by atoms with E-state index in [-0.39, 0.29) is 18.4 Å². The molecular weight excluding hydrogens is 398 g/mol. The molecule has 0 aliphatic heterocycles. The van der Waals surface area contributed by atoms with Crippen molar-refractivity contribution in [2.45, 2.75) is 13.8 Å². The van der Waals surface area contributed by atoms with Gasteiger partial charge in [-0.3, -0.25) is 14.6 Å². The van der Waals surface area contributed by atoms with Crippen LogP contribution in [0.15, 0.2) is 41.1 Å². The molecule has 1 aromatic carbocycles. The molecule has 2 rings (SSSR count). The number of pyridine rings is 1. The monoisotopic (exact) mass is 419 g/mol. The van der Waals surface area contributed by atoms with E-state index in [4.69, 9.17) is 4.74 Å². The number of ether oxygens (including phenoxy) is 1. The van der Waals surface area contributed by atoms with Crippen LogP contribution in [0.4, 0.5) is 5.69 Å². The number of aryl methyl sites for hydroxylation is 1. The van der Waals surface area contributed by atoms with Gasteiger partial charge in [0.05, 0.1) is 12.2 Å². The van der Waals surface area contributed by atoms with Crippen molar-refractivity contribution in [1.82, 2.24) is 9.88 Å². The molecule has 6 nitrogen and oxygen atoms in total. The second kappa shape index (κ2) is 9.45. The van der Waals surface area contributed by atoms with Crippen LogP contribution in [0.2, 0.25) is 0 Å². The Kier molecular flexibility index (Phi) is 7.29. The highest BCUT2D eigenvalue weighted by Crippen LogP contribution is 2.18. The van der Waals surface area contributed by atoms with Crippen molar-refractivity contribution in [3.63, 3.8) is 0 Å². The molecule has 0 saturated carbocycles. The largest absolute Gasteiger partial charge is 0.383 e. The first-order valence-corrected chi connectivity index (χ1v) is 8.96. The van der Waals surface area contributed by atoms with E-state index >= 15 is 0 Å². The number of carbonyl (C=O) groups is 2. The fourth-order valence-electron chi connectivity index (χ4n) is 2.41. The summed E-state index contributed by atoms with van der Waals surface area (Å²) in [4.78, 5) is 30.7. The van der Waals surface area contributed by atoms with E-state index in [0.717, 1.165) is 16.8 Å². The molecule has 1 aromatic heterocycles. The molecule has 0 fully saturated rings. The number of nitrogens with zero attached hydrogens (tertiary/aromatic N) is 2. The molecule has 0 unspecified atom stereocenters. The van der Waals surface area contributed by atoms with E-state index in [2.05, 4.69) is 26.2 Å². The maximum absolute atomic E-state index is 12.7. The average molecular weight is 420 g/mol. The van der Waals surface area contributed by atoms with Gasteiger partial charge in [-0.1, -0.05) is 12.1 Å². The first kappa shape index (κ1) is 20.1. The van der Waals surface area contributed by atoms with Gasteiger partial charge in [0.2, 0.25) is 5.91 Å². The first-order chi connectivity index (χ1) is 12.4. The lowest BCUT2D eigenvalue weighted by Gasteiger charge is -2.22. The van der Waals surface area contributed by atoms with Crippen molar-refractivity contribution in [2.75, 3.05) is 32.1 Å². The van der Waals surface area contributed by atoms with Crippen LogP contribution in [0.5, 0.6) is 0 Å². The van der Waals surface area contributed by atoms with Gasteiger partial charge in [-0.2, -0.15) is 0 Å². The van der Waals surface area contributed by atoms with E-state index in [0.29, 0.717) is 23.2 Å². The zero-order valence-corrected chi connectivity index (χ0v) is 16.7. The summed E-state index contributed by atoms with van der Waals surface area (Å²) in [6.07, 6.45) is 3.08. The normalized spacial score (nSPS) is 10.5. The molecule has 0 saturated heterocycles. The molecule has 2 aromatic rings. The Morgan fingerprint density at radius 3 is 2.73 bits per heavy atom. The topological polar surface area (TPSA) is 71.5 Å². The zero-order valence-electron chi connectivity index (χ0n) is 15.1. The van der Waals surface area contributed by atoms with Gasteiger partial charge in [-0.05, 0) is 53.0 Å². The lowest BCUT2D eigenvalue weighted by atomic mass is 10.1. The number of hydrogen-bond donors (Lipinski definition) is 1. The minimum Gasteiger partial charge on any atom is -0.383 e. The van der Waals surface area contributed by atoms with Crippen molar-refractivity contribution in [1.29, 1.82) is 0 Å². The van der Waals surface area contributed by atoms with Crippen LogP contribution in [0.1, 0.15) is 21.5 Å². The predicted octanol–water partition coefficient (Wildman–Crippen LogP) is 3.19. The highest BCUT2D eigenvalue weighted by atomic mass is 79.9. The van der Waals surface area contributed by atoms with Crippen LogP contribution in [0.25, 0.3) is 0 Å². The Morgan fingerprint density at radius 1 is 1.27 bits per heavy atom. The molecule has 0 spiro atoms. The Labute approximate surface area is 161 Å². The number of nitrogens with one attached hydrogen (secondary N) is 1. The number of carbonyl (C=O) groups excluding carboxylic acids is 2. The Bertz CT molecular complexity index is 795. The Balaban J connectivity index is 2.12. The van der Waals surface area contributed by atoms with Gasteiger partial charge in [0.1, 0.15) is 6.54 Å². The average Bonchev–Trinajstić information content (AvgIpc) is 2.62. The standard InChI is InChI=1S/C19H22BrN3O3/c1-13-5-4-6-17(14(13)2)22-18(24)12-23(7-8-26-3)19(25)15-9-16(20)11-21-10-15/h4-6,9-11H,7-8,12H2,1-3H3,(H,22,24). The van der Waals surface area contributed by atoms with Gasteiger partial charge < -0.3 is 15.0 Å². The van der Waals surface area contributed by atoms with Crippen molar-refractivity contribution >= 4 is 33.4 Å². The van der Waals surface area contributed by atoms with Crippen LogP contribution < -0.4 is 5.32 Å². The van der Waals surface area contributed by atoms with E-state index < -0.39 is 0 Å². The predicted molar refractivity (Wildman–Crippen MR) is 104 cm³/mol. The number of benzene rings is 1. The quantitative estimate of drug-likeness (QED) is 0.747. The summed E-state index contributed by atoms with van der Waals surface area (Å²) in [5, 5.41) is 2.88. The van der Waals surface area contributed by atoms with E-state index in [1.807, 2.05) is 32.0 Å². The van der Waals surface area contributed by atoms with Crippen LogP contribution in [0, 0.1) is 13.8 Å². The van der Waals surface area contributed by atoms with Gasteiger partial charge in [0, 0.05) is 36.2 Å². The third-order valence-electron chi connectivity index (χ3n) is 4.02. The molecule has 0 aliphatic rings. The lowest BCUT2D eigenvalue weighted by Crippen LogP contribution is -2.40. The number of rotatable bonds is 7. The lowest BCUT2D eigenvalue weighted by molar-refractivity contribution is -0.117. The smallest absolute Gasteiger partial charge is 0.256 e. The van der Waals surface area contributed by atoms with Crippen LogP contribution in [-0.2, 0) is 9.53 Å². The van der Waals surface area contributed by atoms with Gasteiger partial charge in [0.15, 0.2) is 0 Å². The van der Waals surface area contributed by atoms with Crippen molar-refractivity contribution in [3.8, 4) is 0 Å². The summed E-state index contributed by atoms with van der Waals surface area (Å²) in [5.41, 5.74) is 3.26. The van der Waals surface area contributed by atoms with Crippen molar-refractivity contribution in [3.05, 3.63) is 57.8 Å². The molecule has 138 valence electrons. The highest BCUT2D eigenvalue weighted by Gasteiger charge is 2.20. The second-order valence-corrected chi connectivity index (χ2v) is 6.82. The highest BCUT2D eigenvalue weighted by molar-refractivity contribution is 9.10. The first-order valence-electron chi connectivity index (χ1n) is 8.17. The summed E-state index contributed by atoms with van der Waals surface area (Å²) < 4.78 is 5.77. The number of methoxy groups -OCH3 is 1. The molecule has 0 atom stereocenters. The van der Waals surface area contributed by atoms with E-state index in [1.165, 1.54) is 11.1 Å². The van der Waals surface area contributed by atoms with Gasteiger partial charge >= 0.3 is 0 Å². The summed E-state index contributed by atoms with van der Waals surface area (Å²) >= 11 is 3.30. The molecule has 26 heavy (non-hydrogen) atoms. The molecule has 0 aliphatic carbocycles. The molecule has 0 bridgehead atoms. The van der Waals surface area contributed by atoms with Crippen molar-refractivity contribution in [2.24, 2.45) is 0 Å². The van der Waals surface area contributed by atoms with E-state index in [9.17, 15) is 9.59 Å². The Morgan fingerprint density at radius 2 is 2.04 bits per heavy atom. The number of anilines is 1. The van der Waals surface area contributed by atoms with Crippen LogP contribution in [-0.4, -0.2) is 48.5 Å². The fraction of sp³-hybridized carbons (Fsp3) is 0.316. The number of hydrogen-bond acceptors (Lipinski definition) is 4. The molecule has 2 amide bonds. The van der Waals surface area contributed by atoms with Gasteiger partial charge in [-0.25, -0.2) is 0 Å². The van der Waals surface area contributed by atoms with Gasteiger partial charge in [-0.15, -0.1) is 0 Å². The van der Waals surface area contributed by atoms with E-state index in [1.54, 1.807) is 19.4 Å². The second-order valence-electron chi connectivity index (χ2n) is 5.91. The summed E-state index contributed by atoms with van der Waals surface area (Å²) in [6, 6.07) is 7.40. The zero-order chi connectivity index (χ0) is 19.1. The molecule has 1 heterocycles. The SMILES string of the molecule is COCCN(CC(=O)Nc1cccc(C)c1C)C(=O)c1cncc(Br)c1. The third-order valence-corrected chi connectivity index (χ3v) is 4.45. The minimum absolute atomic E-state index is 0.0674. The summed E-state index contributed by atoms with van der Waals surface area (Å²) in [6.45, 7) is 4.51. The molecule has 0 radical (unpaired) electrons. The summed E-state index contributed by atoms with van der Waals surface area (Å²) in [7, 11) is 1.56. The maximum Gasteiger partial charge on any atom is 0.256 e. The van der Waals surface area contributed by atoms with Crippen LogP contribution in [0.3, 0.4) is 0 Å². The van der Waals surface area contributed by atoms with Gasteiger partial charge in [0.25, 0.3) is 5.91 Å². The third kappa shape index (κ3) is 5.37. The number of amides is 2. The molecule has 7 heteroatoms. The molecule has 1 N–H and O–H groups in total. The Hall–Kier alpha value is -2.25. The molecular formula is C19H22BrN3O3. The fourth-order valence-corrected chi connectivity index (χ4v) is 2.78. The van der Waals surface area contributed by atoms with Crippen LogP contribution >= 0.6 is 15.9 Å². The number of halogens is 1. The number of aromatic nitrogens is 1. The summed E-state index contributed by atoms with van der Waals surface area (Å²) in [5.74, 6) is -0.530. The maximum atomic E-state index is 12.7.